The van der Waals surface area contributed by atoms with Gasteiger partial charge in [0.15, 0.2) is 0 Å². The Kier molecular flexibility index (Phi) is 4.28. The molecule has 1 unspecified atom stereocenters. The summed E-state index contributed by atoms with van der Waals surface area (Å²) in [6, 6.07) is 3.23. The molecule has 1 atom stereocenters. The number of likely N-dealkylation sites (N-methyl/N-ethyl adjacent to an activating group) is 1. The van der Waals surface area contributed by atoms with E-state index in [2.05, 4.69) is 5.32 Å². The second-order valence-electron chi connectivity index (χ2n) is 4.54. The van der Waals surface area contributed by atoms with Crippen LogP contribution in [0.3, 0.4) is 0 Å². The fourth-order valence-electron chi connectivity index (χ4n) is 2.10. The van der Waals surface area contributed by atoms with E-state index < -0.39 is 14.9 Å². The fraction of sp³-hybridized carbons (Fsp3) is 0.455. The Morgan fingerprint density at radius 3 is 2.75 bits per heavy atom. The number of nitrogens with one attached hydrogen (secondary N) is 1. The van der Waals surface area contributed by atoms with Gasteiger partial charge in [-0.05, 0) is 19.0 Å². The molecule has 7 nitrogen and oxygen atoms in total. The number of rotatable bonds is 4. The van der Waals surface area contributed by atoms with Crippen LogP contribution in [-0.4, -0.2) is 43.8 Å². The molecular formula is C11H14ClN3O4S. The summed E-state index contributed by atoms with van der Waals surface area (Å²) >= 11 is 5.89. The highest BCUT2D eigenvalue weighted by Gasteiger charge is 2.32. The van der Waals surface area contributed by atoms with Crippen molar-refractivity contribution >= 4 is 27.3 Å². The fourth-order valence-corrected chi connectivity index (χ4v) is 3.98. The zero-order chi connectivity index (χ0) is 14.9. The van der Waals surface area contributed by atoms with Gasteiger partial charge < -0.3 is 5.32 Å². The van der Waals surface area contributed by atoms with Crippen molar-refractivity contribution in [2.45, 2.75) is 17.4 Å². The molecular weight excluding hydrogens is 306 g/mol. The first-order chi connectivity index (χ1) is 9.34. The third-order valence-electron chi connectivity index (χ3n) is 3.33. The molecule has 110 valence electrons. The summed E-state index contributed by atoms with van der Waals surface area (Å²) < 4.78 is 26.2. The molecule has 1 N–H and O–H groups in total. The molecule has 0 spiro atoms. The minimum atomic E-state index is -3.85. The molecule has 1 aromatic rings. The lowest BCUT2D eigenvalue weighted by Crippen LogP contribution is -2.38. The van der Waals surface area contributed by atoms with Gasteiger partial charge >= 0.3 is 0 Å². The molecule has 0 bridgehead atoms. The van der Waals surface area contributed by atoms with E-state index in [0.717, 1.165) is 12.6 Å². The van der Waals surface area contributed by atoms with Gasteiger partial charge in [0.05, 0.1) is 9.95 Å². The monoisotopic (exact) mass is 319 g/mol. The first-order valence-electron chi connectivity index (χ1n) is 5.96. The topological polar surface area (TPSA) is 92.6 Å². The van der Waals surface area contributed by atoms with Crippen molar-refractivity contribution in [1.82, 2.24) is 9.62 Å². The van der Waals surface area contributed by atoms with Crippen LogP contribution in [-0.2, 0) is 10.0 Å². The maximum Gasteiger partial charge on any atom is 0.270 e. The van der Waals surface area contributed by atoms with Gasteiger partial charge in [0.1, 0.15) is 4.90 Å². The van der Waals surface area contributed by atoms with E-state index in [-0.39, 0.29) is 21.6 Å². The molecule has 2 rings (SSSR count). The molecule has 1 aliphatic rings. The standard InChI is InChI=1S/C11H14ClN3O4S/c1-14(9-4-5-13-7-9)20(18,19)11-6-8(15(16)17)2-3-10(11)12/h2-3,6,9,13H,4-5,7H2,1H3. The van der Waals surface area contributed by atoms with Crippen LogP contribution in [0.2, 0.25) is 5.02 Å². The summed E-state index contributed by atoms with van der Waals surface area (Å²) in [6.07, 6.45) is 0.697. The van der Waals surface area contributed by atoms with Gasteiger partial charge in [0.25, 0.3) is 5.69 Å². The second kappa shape index (κ2) is 5.65. The number of non-ortho nitro benzene ring substituents is 1. The molecule has 1 aromatic carbocycles. The molecule has 1 heterocycles. The Bertz CT molecular complexity index is 629. The number of nitrogens with zero attached hydrogens (tertiary/aromatic N) is 2. The molecule has 0 aliphatic carbocycles. The van der Waals surface area contributed by atoms with Crippen LogP contribution in [0, 0.1) is 10.1 Å². The Morgan fingerprint density at radius 2 is 2.20 bits per heavy atom. The van der Waals surface area contributed by atoms with Crippen LogP contribution in [0.25, 0.3) is 0 Å². The first-order valence-corrected chi connectivity index (χ1v) is 7.78. The zero-order valence-corrected chi connectivity index (χ0v) is 12.3. The predicted molar refractivity (Wildman–Crippen MR) is 74.3 cm³/mol. The Hall–Kier alpha value is -1.22. The Morgan fingerprint density at radius 1 is 1.50 bits per heavy atom. The normalized spacial score (nSPS) is 19.4. The van der Waals surface area contributed by atoms with E-state index in [0.29, 0.717) is 13.0 Å². The van der Waals surface area contributed by atoms with Crippen molar-refractivity contribution in [1.29, 1.82) is 0 Å². The summed E-state index contributed by atoms with van der Waals surface area (Å²) in [5.41, 5.74) is -0.300. The summed E-state index contributed by atoms with van der Waals surface area (Å²) in [7, 11) is -2.39. The molecule has 1 saturated heterocycles. The van der Waals surface area contributed by atoms with Crippen molar-refractivity contribution in [3.8, 4) is 0 Å². The van der Waals surface area contributed by atoms with Crippen LogP contribution < -0.4 is 5.32 Å². The van der Waals surface area contributed by atoms with Crippen molar-refractivity contribution in [2.24, 2.45) is 0 Å². The molecule has 0 aromatic heterocycles. The second-order valence-corrected chi connectivity index (χ2v) is 6.91. The van der Waals surface area contributed by atoms with Crippen molar-refractivity contribution in [3.05, 3.63) is 33.3 Å². The van der Waals surface area contributed by atoms with Gasteiger partial charge in [-0.3, -0.25) is 10.1 Å². The van der Waals surface area contributed by atoms with Crippen LogP contribution >= 0.6 is 11.6 Å². The van der Waals surface area contributed by atoms with Gasteiger partial charge in [-0.15, -0.1) is 0 Å². The highest BCUT2D eigenvalue weighted by molar-refractivity contribution is 7.89. The van der Waals surface area contributed by atoms with Crippen molar-refractivity contribution < 1.29 is 13.3 Å². The summed E-state index contributed by atoms with van der Waals surface area (Å²) in [6.45, 7) is 1.30. The molecule has 0 saturated carbocycles. The third kappa shape index (κ3) is 2.78. The number of nitro groups is 1. The van der Waals surface area contributed by atoms with Crippen LogP contribution in [0.15, 0.2) is 23.1 Å². The van der Waals surface area contributed by atoms with E-state index >= 15 is 0 Å². The van der Waals surface area contributed by atoms with Gasteiger partial charge in [-0.25, -0.2) is 8.42 Å². The molecule has 0 radical (unpaired) electrons. The lowest BCUT2D eigenvalue weighted by atomic mass is 10.3. The molecule has 1 fully saturated rings. The van der Waals surface area contributed by atoms with Crippen molar-refractivity contribution in [2.75, 3.05) is 20.1 Å². The lowest BCUT2D eigenvalue weighted by molar-refractivity contribution is -0.385. The predicted octanol–water partition coefficient (Wildman–Crippen LogP) is 1.23. The van der Waals surface area contributed by atoms with Gasteiger partial charge in [0, 0.05) is 31.8 Å². The van der Waals surface area contributed by atoms with Gasteiger partial charge in [-0.2, -0.15) is 4.31 Å². The molecule has 9 heteroatoms. The highest BCUT2D eigenvalue weighted by atomic mass is 35.5. The highest BCUT2D eigenvalue weighted by Crippen LogP contribution is 2.29. The van der Waals surface area contributed by atoms with Crippen LogP contribution in [0.1, 0.15) is 6.42 Å². The van der Waals surface area contributed by atoms with E-state index in [4.69, 9.17) is 11.6 Å². The maximum atomic E-state index is 12.5. The quantitative estimate of drug-likeness (QED) is 0.665. The van der Waals surface area contributed by atoms with E-state index in [1.54, 1.807) is 0 Å². The van der Waals surface area contributed by atoms with Gasteiger partial charge in [0.2, 0.25) is 10.0 Å². The summed E-state index contributed by atoms with van der Waals surface area (Å²) in [5, 5.41) is 13.8. The zero-order valence-electron chi connectivity index (χ0n) is 10.7. The smallest absolute Gasteiger partial charge is 0.270 e. The van der Waals surface area contributed by atoms with Crippen LogP contribution in [0.4, 0.5) is 5.69 Å². The number of hydrogen-bond donors (Lipinski definition) is 1. The largest absolute Gasteiger partial charge is 0.315 e. The first kappa shape index (κ1) is 15.2. The number of sulfonamides is 1. The molecule has 20 heavy (non-hydrogen) atoms. The minimum absolute atomic E-state index is 0.0200. The SMILES string of the molecule is CN(C1CCNC1)S(=O)(=O)c1cc([N+](=O)[O-])ccc1Cl. The number of benzene rings is 1. The molecule has 1 aliphatic heterocycles. The van der Waals surface area contributed by atoms with Gasteiger partial charge in [-0.1, -0.05) is 11.6 Å². The average Bonchev–Trinajstić information content (AvgIpc) is 2.91. The van der Waals surface area contributed by atoms with Crippen molar-refractivity contribution in [3.63, 3.8) is 0 Å². The van der Waals surface area contributed by atoms with E-state index in [1.165, 1.54) is 23.5 Å². The van der Waals surface area contributed by atoms with E-state index in [1.807, 2.05) is 0 Å². The average molecular weight is 320 g/mol. The minimum Gasteiger partial charge on any atom is -0.315 e. The number of halogens is 1. The summed E-state index contributed by atoms with van der Waals surface area (Å²) in [5.74, 6) is 0. The Balaban J connectivity index is 2.42. The number of hydrogen-bond acceptors (Lipinski definition) is 5. The lowest BCUT2D eigenvalue weighted by Gasteiger charge is -2.23. The Labute approximate surface area is 121 Å². The summed E-state index contributed by atoms with van der Waals surface area (Å²) in [4.78, 5) is 9.88. The maximum absolute atomic E-state index is 12.5. The van der Waals surface area contributed by atoms with E-state index in [9.17, 15) is 18.5 Å². The molecule has 0 amide bonds. The number of nitro benzene ring substituents is 1. The third-order valence-corrected chi connectivity index (χ3v) is 5.72. The van der Waals surface area contributed by atoms with Crippen LogP contribution in [0.5, 0.6) is 0 Å².